The van der Waals surface area contributed by atoms with E-state index in [0.29, 0.717) is 50.2 Å². The number of nitrogens with one attached hydrogen (secondary N) is 1. The van der Waals surface area contributed by atoms with Crippen LogP contribution in [-0.2, 0) is 30.3 Å². The number of ether oxygens (including phenoxy) is 2. The maximum atomic E-state index is 14.3. The van der Waals surface area contributed by atoms with Crippen molar-refractivity contribution in [1.29, 1.82) is 5.26 Å². The number of hydrogen-bond donors (Lipinski definition) is 1. The predicted octanol–water partition coefficient (Wildman–Crippen LogP) is 4.36. The van der Waals surface area contributed by atoms with Crippen LogP contribution < -0.4 is 5.32 Å². The first-order chi connectivity index (χ1) is 18.9. The molecule has 1 N–H and O–H groups in total. The first kappa shape index (κ1) is 28.5. The van der Waals surface area contributed by atoms with Crippen LogP contribution in [0.4, 0.5) is 13.2 Å². The number of nitriles is 1. The molecule has 12 heteroatoms. The number of carbonyl (C=O) groups is 1. The van der Waals surface area contributed by atoms with Crippen LogP contribution in [0.25, 0.3) is 11.1 Å². The smallest absolute Gasteiger partial charge is 0.381 e. The lowest BCUT2D eigenvalue weighted by Crippen LogP contribution is -2.43. The van der Waals surface area contributed by atoms with E-state index in [9.17, 15) is 31.6 Å². The topological polar surface area (TPSA) is 118 Å². The van der Waals surface area contributed by atoms with Gasteiger partial charge in [-0.3, -0.25) is 9.78 Å². The van der Waals surface area contributed by atoms with Crippen molar-refractivity contribution in [3.05, 3.63) is 47.8 Å². The number of aromatic nitrogens is 1. The van der Waals surface area contributed by atoms with Crippen LogP contribution >= 0.6 is 0 Å². The van der Waals surface area contributed by atoms with Crippen molar-refractivity contribution >= 4 is 15.7 Å². The van der Waals surface area contributed by atoms with Gasteiger partial charge in [0.2, 0.25) is 5.91 Å². The largest absolute Gasteiger partial charge is 0.417 e. The highest BCUT2D eigenvalue weighted by molar-refractivity contribution is 7.92. The highest BCUT2D eigenvalue weighted by Crippen LogP contribution is 2.43. The lowest BCUT2D eigenvalue weighted by atomic mass is 10.0. The summed E-state index contributed by atoms with van der Waals surface area (Å²) in [6.45, 7) is 2.64. The number of hydrogen-bond acceptors (Lipinski definition) is 7. The monoisotopic (exact) mass is 577 g/mol. The van der Waals surface area contributed by atoms with Gasteiger partial charge >= 0.3 is 6.18 Å². The number of alkyl halides is 3. The molecule has 1 aromatic carbocycles. The van der Waals surface area contributed by atoms with E-state index < -0.39 is 55.2 Å². The van der Waals surface area contributed by atoms with Gasteiger partial charge in [-0.2, -0.15) is 18.4 Å². The van der Waals surface area contributed by atoms with E-state index in [0.717, 1.165) is 12.1 Å². The molecule has 1 aliphatic heterocycles. The van der Waals surface area contributed by atoms with E-state index in [1.807, 2.05) is 0 Å². The molecule has 1 saturated heterocycles. The van der Waals surface area contributed by atoms with Crippen molar-refractivity contribution < 1.29 is 35.9 Å². The molecule has 8 nitrogen and oxygen atoms in total. The molecule has 214 valence electrons. The van der Waals surface area contributed by atoms with Crippen LogP contribution in [0.3, 0.4) is 0 Å². The van der Waals surface area contributed by atoms with Crippen LogP contribution in [-0.4, -0.2) is 55.5 Å². The molecule has 2 saturated carbocycles. The second-order valence-corrected chi connectivity index (χ2v) is 13.0. The van der Waals surface area contributed by atoms with Gasteiger partial charge in [0.25, 0.3) is 0 Å². The Balaban J connectivity index is 1.46. The Kier molecular flexibility index (Phi) is 7.67. The molecule has 2 aromatic rings. The molecule has 0 radical (unpaired) electrons. The maximum absolute atomic E-state index is 14.3. The van der Waals surface area contributed by atoms with Gasteiger partial charge in [0, 0.05) is 25.1 Å². The van der Waals surface area contributed by atoms with Crippen molar-refractivity contribution in [3.63, 3.8) is 0 Å². The minimum atomic E-state index is -4.93. The van der Waals surface area contributed by atoms with Gasteiger partial charge in [-0.1, -0.05) is 6.07 Å². The van der Waals surface area contributed by atoms with Crippen molar-refractivity contribution in [2.24, 2.45) is 5.92 Å². The third-order valence-corrected chi connectivity index (χ3v) is 10.2. The minimum absolute atomic E-state index is 0.125. The standard InChI is InChI=1S/C28H30F3N3O5S/c1-17-12-19(4-9-33-17)18-2-3-25(23(13-18)28(29,30)31)40(36,37)21-14-22(26(35)34-27(16-32)7-8-27)24(15-21)39-20-5-10-38-11-6-20/h2-4,9,12-13,20-22,24H,5-8,10-11,14-15H2,1H3,(H,34,35)/t21-,22-,24-/m1/s1. The Hall–Kier alpha value is -3.01. The summed E-state index contributed by atoms with van der Waals surface area (Å²) in [4.78, 5) is 16.5. The maximum Gasteiger partial charge on any atom is 0.417 e. The fraction of sp³-hybridized carbons (Fsp3) is 0.536. The zero-order valence-corrected chi connectivity index (χ0v) is 22.7. The Morgan fingerprint density at radius 3 is 2.48 bits per heavy atom. The number of amides is 1. The zero-order chi connectivity index (χ0) is 28.7. The zero-order valence-electron chi connectivity index (χ0n) is 21.9. The lowest BCUT2D eigenvalue weighted by Gasteiger charge is -2.28. The summed E-state index contributed by atoms with van der Waals surface area (Å²) in [6, 6.07) is 8.46. The summed E-state index contributed by atoms with van der Waals surface area (Å²) in [5.74, 6) is -1.42. The number of benzene rings is 1. The molecule has 40 heavy (non-hydrogen) atoms. The highest BCUT2D eigenvalue weighted by atomic mass is 32.2. The van der Waals surface area contributed by atoms with Gasteiger partial charge in [-0.15, -0.1) is 0 Å². The molecule has 0 spiro atoms. The van der Waals surface area contributed by atoms with Crippen LogP contribution in [0.1, 0.15) is 49.8 Å². The third kappa shape index (κ3) is 5.87. The van der Waals surface area contributed by atoms with E-state index in [1.54, 1.807) is 19.1 Å². The summed E-state index contributed by atoms with van der Waals surface area (Å²) >= 11 is 0. The number of halogens is 3. The first-order valence-electron chi connectivity index (χ1n) is 13.3. The Morgan fingerprint density at radius 1 is 1.15 bits per heavy atom. The average molecular weight is 578 g/mol. The molecule has 1 aromatic heterocycles. The van der Waals surface area contributed by atoms with Gasteiger partial charge in [0.15, 0.2) is 9.84 Å². The minimum Gasteiger partial charge on any atom is -0.381 e. The summed E-state index contributed by atoms with van der Waals surface area (Å²) in [5.41, 5.74) is -0.918. The van der Waals surface area contributed by atoms with Crippen LogP contribution in [0, 0.1) is 24.2 Å². The molecular formula is C28H30F3N3O5S. The van der Waals surface area contributed by atoms with Crippen molar-refractivity contribution in [2.45, 2.75) is 79.5 Å². The molecular weight excluding hydrogens is 547 g/mol. The summed E-state index contributed by atoms with van der Waals surface area (Å²) in [5, 5.41) is 10.9. The van der Waals surface area contributed by atoms with Gasteiger partial charge < -0.3 is 14.8 Å². The fourth-order valence-electron chi connectivity index (χ4n) is 5.50. The SMILES string of the molecule is Cc1cc(-c2ccc(S(=O)(=O)[C@H]3C[C@@H](OC4CCOCC4)[C@H](C(=O)NC4(C#N)CC4)C3)c(C(F)(F)F)c2)ccn1. The molecule has 5 rings (SSSR count). The van der Waals surface area contributed by atoms with Crippen LogP contribution in [0.15, 0.2) is 41.4 Å². The number of carbonyl (C=O) groups excluding carboxylic acids is 1. The van der Waals surface area contributed by atoms with E-state index >= 15 is 0 Å². The first-order valence-corrected chi connectivity index (χ1v) is 14.8. The number of pyridine rings is 1. The molecule has 0 bridgehead atoms. The Labute approximate surface area is 230 Å². The average Bonchev–Trinajstić information content (AvgIpc) is 3.56. The van der Waals surface area contributed by atoms with Crippen molar-refractivity contribution in [1.82, 2.24) is 10.3 Å². The molecule has 3 fully saturated rings. The molecule has 1 amide bonds. The van der Waals surface area contributed by atoms with Crippen LogP contribution in [0.5, 0.6) is 0 Å². The van der Waals surface area contributed by atoms with Crippen molar-refractivity contribution in [2.75, 3.05) is 13.2 Å². The Bertz CT molecular complexity index is 1430. The normalized spacial score (nSPS) is 24.8. The third-order valence-electron chi connectivity index (χ3n) is 7.92. The number of aryl methyl sites for hydroxylation is 1. The molecule has 3 atom stereocenters. The van der Waals surface area contributed by atoms with E-state index in [1.165, 1.54) is 12.3 Å². The number of sulfone groups is 1. The molecule has 0 unspecified atom stereocenters. The van der Waals surface area contributed by atoms with E-state index in [-0.39, 0.29) is 24.5 Å². The fourth-order valence-corrected chi connectivity index (χ4v) is 7.50. The predicted molar refractivity (Wildman–Crippen MR) is 138 cm³/mol. The van der Waals surface area contributed by atoms with Crippen molar-refractivity contribution in [3.8, 4) is 17.2 Å². The van der Waals surface area contributed by atoms with E-state index in [2.05, 4.69) is 16.4 Å². The summed E-state index contributed by atoms with van der Waals surface area (Å²) < 4.78 is 81.9. The van der Waals surface area contributed by atoms with Gasteiger partial charge in [-0.05, 0) is 80.8 Å². The number of nitrogens with zero attached hydrogens (tertiary/aromatic N) is 2. The quantitative estimate of drug-likeness (QED) is 0.519. The second kappa shape index (κ2) is 10.8. The van der Waals surface area contributed by atoms with Gasteiger partial charge in [0.05, 0.1) is 39.9 Å². The van der Waals surface area contributed by atoms with E-state index in [4.69, 9.17) is 9.47 Å². The molecule has 2 aliphatic carbocycles. The van der Waals surface area contributed by atoms with Crippen LogP contribution in [0.2, 0.25) is 0 Å². The second-order valence-electron chi connectivity index (χ2n) is 10.8. The lowest BCUT2D eigenvalue weighted by molar-refractivity contribution is -0.140. The number of rotatable bonds is 7. The Morgan fingerprint density at radius 2 is 1.85 bits per heavy atom. The van der Waals surface area contributed by atoms with Gasteiger partial charge in [0.1, 0.15) is 5.54 Å². The van der Waals surface area contributed by atoms with Gasteiger partial charge in [-0.25, -0.2) is 8.42 Å². The summed E-state index contributed by atoms with van der Waals surface area (Å²) in [6.07, 6.45) is -2.73. The highest BCUT2D eigenvalue weighted by Gasteiger charge is 2.51. The molecule has 2 heterocycles. The molecule has 3 aliphatic rings. The summed E-state index contributed by atoms with van der Waals surface area (Å²) in [7, 11) is -4.52.